The van der Waals surface area contributed by atoms with Gasteiger partial charge in [-0.15, -0.1) is 0 Å². The molecule has 0 spiro atoms. The Morgan fingerprint density at radius 3 is 2.22 bits per heavy atom. The van der Waals surface area contributed by atoms with Gasteiger partial charge in [0.2, 0.25) is 0 Å². The lowest BCUT2D eigenvalue weighted by molar-refractivity contribution is -0.119. The normalized spacial score (nSPS) is 15.9. The monoisotopic (exact) mass is 480 g/mol. The molecule has 1 N–H and O–H groups in total. The van der Waals surface area contributed by atoms with E-state index in [0.29, 0.717) is 18.1 Å². The molecule has 1 saturated carbocycles. The zero-order valence-electron chi connectivity index (χ0n) is 20.7. The Morgan fingerprint density at radius 2 is 1.53 bits per heavy atom. The van der Waals surface area contributed by atoms with Gasteiger partial charge in [0, 0.05) is 55.0 Å². The molecule has 6 heteroatoms. The summed E-state index contributed by atoms with van der Waals surface area (Å²) in [5.41, 5.74) is 4.84. The molecule has 4 aromatic rings. The van der Waals surface area contributed by atoms with Gasteiger partial charge in [-0.3, -0.25) is 14.7 Å². The predicted octanol–water partition coefficient (Wildman–Crippen LogP) is 4.83. The second-order valence-corrected chi connectivity index (χ2v) is 9.69. The number of likely N-dealkylation sites (N-methyl/N-ethyl adjacent to an activating group) is 1. The van der Waals surface area contributed by atoms with Crippen molar-refractivity contribution in [1.29, 1.82) is 0 Å². The van der Waals surface area contributed by atoms with Crippen LogP contribution >= 0.6 is 0 Å². The minimum absolute atomic E-state index is 0.113. The summed E-state index contributed by atoms with van der Waals surface area (Å²) in [5, 5.41) is 8.56. The fraction of sp³-hybridized carbons (Fsp3) is 0.300. The number of amides is 1. The first kappa shape index (κ1) is 23.9. The molecule has 1 saturated heterocycles. The van der Waals surface area contributed by atoms with E-state index < -0.39 is 0 Å². The third-order valence-corrected chi connectivity index (χ3v) is 6.92. The van der Waals surface area contributed by atoms with Crippen molar-refractivity contribution in [2.24, 2.45) is 5.92 Å². The summed E-state index contributed by atoms with van der Waals surface area (Å²) in [4.78, 5) is 28.2. The first-order valence-corrected chi connectivity index (χ1v) is 12.7. The quantitative estimate of drug-likeness (QED) is 0.444. The molecule has 0 atom stereocenters. The second kappa shape index (κ2) is 10.9. The van der Waals surface area contributed by atoms with Crippen LogP contribution in [-0.4, -0.2) is 64.9 Å². The van der Waals surface area contributed by atoms with Crippen LogP contribution in [0.4, 0.5) is 0 Å². The molecule has 184 valence electrons. The van der Waals surface area contributed by atoms with Crippen molar-refractivity contribution in [3.63, 3.8) is 0 Å². The van der Waals surface area contributed by atoms with Gasteiger partial charge in [0.1, 0.15) is 5.78 Å². The highest BCUT2D eigenvalue weighted by Crippen LogP contribution is 2.31. The lowest BCUT2D eigenvalue weighted by Gasteiger charge is -2.32. The van der Waals surface area contributed by atoms with Gasteiger partial charge in [-0.25, -0.2) is 0 Å². The Labute approximate surface area is 211 Å². The molecule has 0 bridgehead atoms. The van der Waals surface area contributed by atoms with Gasteiger partial charge >= 0.3 is 0 Å². The summed E-state index contributed by atoms with van der Waals surface area (Å²) in [5.74, 6) is 0.924. The van der Waals surface area contributed by atoms with Crippen LogP contribution in [0, 0.1) is 5.92 Å². The molecule has 0 unspecified atom stereocenters. The molecule has 2 fully saturated rings. The minimum Gasteiger partial charge on any atom is -0.336 e. The molecule has 1 aromatic heterocycles. The minimum atomic E-state index is 0.113. The first-order valence-electron chi connectivity index (χ1n) is 12.7. The maximum absolute atomic E-state index is 12.6. The number of rotatable bonds is 5. The SMILES string of the molecule is CN1CCN(C(=O)c2ccc(-c3n[nH]c4ccccc34)cc2)CC1.O=C(Cc1ccccc1)C1CC1. The van der Waals surface area contributed by atoms with E-state index in [9.17, 15) is 9.59 Å². The zero-order chi connectivity index (χ0) is 24.9. The molecule has 3 aromatic carbocycles. The summed E-state index contributed by atoms with van der Waals surface area (Å²) in [6.07, 6.45) is 2.86. The highest BCUT2D eigenvalue weighted by molar-refractivity contribution is 5.96. The summed E-state index contributed by atoms with van der Waals surface area (Å²) in [6, 6.07) is 25.8. The van der Waals surface area contributed by atoms with Crippen LogP contribution in [0.1, 0.15) is 28.8 Å². The number of aromatic nitrogens is 2. The van der Waals surface area contributed by atoms with Crippen molar-refractivity contribution in [3.05, 3.63) is 90.0 Å². The molecule has 1 aliphatic carbocycles. The number of nitrogens with zero attached hydrogens (tertiary/aromatic N) is 3. The van der Waals surface area contributed by atoms with Gasteiger partial charge in [-0.05, 0) is 43.7 Å². The Hall–Kier alpha value is -3.77. The number of carbonyl (C=O) groups excluding carboxylic acids is 2. The van der Waals surface area contributed by atoms with Crippen LogP contribution in [0.5, 0.6) is 0 Å². The number of hydrogen-bond donors (Lipinski definition) is 1. The zero-order valence-corrected chi connectivity index (χ0v) is 20.7. The Morgan fingerprint density at radius 1 is 0.861 bits per heavy atom. The second-order valence-electron chi connectivity index (χ2n) is 9.69. The van der Waals surface area contributed by atoms with Crippen LogP contribution in [0.15, 0.2) is 78.9 Å². The number of carbonyl (C=O) groups is 2. The van der Waals surface area contributed by atoms with E-state index in [0.717, 1.165) is 72.3 Å². The van der Waals surface area contributed by atoms with Gasteiger partial charge < -0.3 is 9.80 Å². The van der Waals surface area contributed by atoms with Gasteiger partial charge in [-0.1, -0.05) is 60.7 Å². The number of aromatic amines is 1. The molecular weight excluding hydrogens is 448 g/mol. The largest absolute Gasteiger partial charge is 0.336 e. The van der Waals surface area contributed by atoms with E-state index in [2.05, 4.69) is 28.2 Å². The predicted molar refractivity (Wildman–Crippen MR) is 143 cm³/mol. The number of para-hydroxylation sites is 1. The summed E-state index contributed by atoms with van der Waals surface area (Å²) in [6.45, 7) is 3.45. The topological polar surface area (TPSA) is 69.3 Å². The number of piperazine rings is 1. The van der Waals surface area contributed by atoms with E-state index in [-0.39, 0.29) is 5.91 Å². The molecule has 1 amide bonds. The average molecular weight is 481 g/mol. The maximum Gasteiger partial charge on any atom is 0.253 e. The van der Waals surface area contributed by atoms with Crippen molar-refractivity contribution >= 4 is 22.6 Å². The van der Waals surface area contributed by atoms with Crippen molar-refractivity contribution in [2.45, 2.75) is 19.3 Å². The third kappa shape index (κ3) is 5.71. The molecule has 6 nitrogen and oxygen atoms in total. The number of nitrogens with one attached hydrogen (secondary N) is 1. The van der Waals surface area contributed by atoms with E-state index in [4.69, 9.17) is 0 Å². The van der Waals surface area contributed by atoms with E-state index in [1.165, 1.54) is 0 Å². The highest BCUT2D eigenvalue weighted by atomic mass is 16.2. The molecule has 2 heterocycles. The Balaban J connectivity index is 0.000000186. The molecule has 0 radical (unpaired) electrons. The van der Waals surface area contributed by atoms with Crippen molar-refractivity contribution in [3.8, 4) is 11.3 Å². The lowest BCUT2D eigenvalue weighted by Crippen LogP contribution is -2.47. The lowest BCUT2D eigenvalue weighted by atomic mass is 10.1. The Bertz CT molecular complexity index is 1320. The first-order chi connectivity index (χ1) is 17.6. The summed E-state index contributed by atoms with van der Waals surface area (Å²) >= 11 is 0. The van der Waals surface area contributed by atoms with Crippen molar-refractivity contribution in [1.82, 2.24) is 20.0 Å². The number of benzene rings is 3. The van der Waals surface area contributed by atoms with E-state index in [1.54, 1.807) is 0 Å². The summed E-state index contributed by atoms with van der Waals surface area (Å²) in [7, 11) is 2.09. The summed E-state index contributed by atoms with van der Waals surface area (Å²) < 4.78 is 0. The fourth-order valence-corrected chi connectivity index (χ4v) is 4.49. The van der Waals surface area contributed by atoms with Gasteiger partial charge in [-0.2, -0.15) is 5.10 Å². The highest BCUT2D eigenvalue weighted by Gasteiger charge is 2.28. The van der Waals surface area contributed by atoms with Gasteiger partial charge in [0.15, 0.2) is 0 Å². The number of ketones is 1. The smallest absolute Gasteiger partial charge is 0.253 e. The van der Waals surface area contributed by atoms with Crippen LogP contribution in [0.3, 0.4) is 0 Å². The molecule has 2 aliphatic rings. The van der Waals surface area contributed by atoms with Gasteiger partial charge in [0.25, 0.3) is 5.91 Å². The number of Topliss-reactive ketones (excluding diaryl/α,β-unsaturated/α-hetero) is 1. The Kier molecular flexibility index (Phi) is 7.23. The fourth-order valence-electron chi connectivity index (χ4n) is 4.49. The third-order valence-electron chi connectivity index (χ3n) is 6.92. The van der Waals surface area contributed by atoms with Crippen LogP contribution in [0.25, 0.3) is 22.2 Å². The molecule has 6 rings (SSSR count). The van der Waals surface area contributed by atoms with E-state index >= 15 is 0 Å². The van der Waals surface area contributed by atoms with Crippen LogP contribution in [0.2, 0.25) is 0 Å². The molecule has 36 heavy (non-hydrogen) atoms. The number of hydrogen-bond acceptors (Lipinski definition) is 4. The average Bonchev–Trinajstić information content (AvgIpc) is 3.69. The number of fused-ring (bicyclic) bond motifs is 1. The number of H-pyrrole nitrogens is 1. The molecule has 1 aliphatic heterocycles. The van der Waals surface area contributed by atoms with Gasteiger partial charge in [0.05, 0.1) is 11.2 Å². The van der Waals surface area contributed by atoms with Crippen molar-refractivity contribution in [2.75, 3.05) is 33.2 Å². The van der Waals surface area contributed by atoms with Crippen molar-refractivity contribution < 1.29 is 9.59 Å². The van der Waals surface area contributed by atoms with E-state index in [1.807, 2.05) is 77.7 Å². The standard InChI is InChI=1S/C19H20N4O.C11H12O/c1-22-10-12-23(13-11-22)19(24)15-8-6-14(7-9-15)18-16-4-2-3-5-17(16)20-21-18;12-11(10-6-7-10)8-9-4-2-1-3-5-9/h2-9H,10-13H2,1H3,(H,20,21);1-5,10H,6-8H2. The maximum atomic E-state index is 12.6. The molecular formula is C30H32N4O2. The van der Waals surface area contributed by atoms with Crippen LogP contribution in [-0.2, 0) is 11.2 Å². The van der Waals surface area contributed by atoms with Crippen LogP contribution < -0.4 is 0 Å².